The topological polar surface area (TPSA) is 75.4 Å². The molecule has 1 unspecified atom stereocenters. The number of amides is 2. The Morgan fingerprint density at radius 2 is 2.20 bits per heavy atom. The smallest absolute Gasteiger partial charge is 0.253 e. The second kappa shape index (κ2) is 5.25. The van der Waals surface area contributed by atoms with Gasteiger partial charge in [-0.3, -0.25) is 9.59 Å². The molecule has 1 saturated heterocycles. The largest absolute Gasteiger partial charge is 0.337 e. The van der Waals surface area contributed by atoms with Gasteiger partial charge >= 0.3 is 0 Å². The molecule has 0 spiro atoms. The molecular formula is C15H19N3O2. The van der Waals surface area contributed by atoms with Crippen molar-refractivity contribution >= 4 is 17.5 Å². The first kappa shape index (κ1) is 13.1. The fourth-order valence-electron chi connectivity index (χ4n) is 2.89. The molecule has 1 aromatic rings. The summed E-state index contributed by atoms with van der Waals surface area (Å²) < 4.78 is 0. The van der Waals surface area contributed by atoms with E-state index in [1.165, 1.54) is 0 Å². The predicted molar refractivity (Wildman–Crippen MR) is 76.5 cm³/mol. The molecule has 1 fully saturated rings. The Hall–Kier alpha value is -1.88. The summed E-state index contributed by atoms with van der Waals surface area (Å²) >= 11 is 0. The summed E-state index contributed by atoms with van der Waals surface area (Å²) in [6, 6.07) is 5.60. The second-order valence-electron chi connectivity index (χ2n) is 5.57. The molecule has 5 heteroatoms. The molecule has 3 N–H and O–H groups in total. The monoisotopic (exact) mass is 273 g/mol. The maximum atomic E-state index is 12.5. The molecule has 20 heavy (non-hydrogen) atoms. The van der Waals surface area contributed by atoms with E-state index in [1.54, 1.807) is 6.07 Å². The Morgan fingerprint density at radius 3 is 3.00 bits per heavy atom. The number of anilines is 1. The minimum absolute atomic E-state index is 0.0404. The van der Waals surface area contributed by atoms with Crippen LogP contribution in [0, 0.1) is 0 Å². The van der Waals surface area contributed by atoms with Crippen LogP contribution in [0.5, 0.6) is 0 Å². The summed E-state index contributed by atoms with van der Waals surface area (Å²) in [5.41, 5.74) is 8.48. The summed E-state index contributed by atoms with van der Waals surface area (Å²) in [6.45, 7) is 1.41. The fraction of sp³-hybridized carbons (Fsp3) is 0.467. The van der Waals surface area contributed by atoms with Gasteiger partial charge in [0.15, 0.2) is 0 Å². The van der Waals surface area contributed by atoms with Crippen molar-refractivity contribution in [1.29, 1.82) is 0 Å². The van der Waals surface area contributed by atoms with Gasteiger partial charge in [0.1, 0.15) is 0 Å². The van der Waals surface area contributed by atoms with E-state index >= 15 is 0 Å². The number of carbonyl (C=O) groups is 2. The van der Waals surface area contributed by atoms with Gasteiger partial charge in [0.2, 0.25) is 5.91 Å². The first-order valence-electron chi connectivity index (χ1n) is 7.11. The number of fused-ring (bicyclic) bond motifs is 1. The van der Waals surface area contributed by atoms with E-state index < -0.39 is 0 Å². The quantitative estimate of drug-likeness (QED) is 0.805. The molecule has 0 aliphatic carbocycles. The molecule has 0 radical (unpaired) electrons. The zero-order valence-electron chi connectivity index (χ0n) is 11.4. The lowest BCUT2D eigenvalue weighted by molar-refractivity contribution is -0.116. The van der Waals surface area contributed by atoms with Crippen molar-refractivity contribution in [3.63, 3.8) is 0 Å². The molecule has 2 aliphatic heterocycles. The van der Waals surface area contributed by atoms with Crippen molar-refractivity contribution in [2.45, 2.75) is 31.7 Å². The molecule has 2 heterocycles. The van der Waals surface area contributed by atoms with Crippen LogP contribution >= 0.6 is 0 Å². The molecule has 1 atom stereocenters. The van der Waals surface area contributed by atoms with Gasteiger partial charge in [-0.1, -0.05) is 0 Å². The van der Waals surface area contributed by atoms with E-state index in [2.05, 4.69) is 5.32 Å². The molecule has 2 aliphatic rings. The van der Waals surface area contributed by atoms with Crippen LogP contribution in [-0.4, -0.2) is 35.8 Å². The van der Waals surface area contributed by atoms with Crippen LogP contribution in [0.15, 0.2) is 18.2 Å². The summed E-state index contributed by atoms with van der Waals surface area (Å²) in [6.07, 6.45) is 3.13. The number of nitrogens with one attached hydrogen (secondary N) is 1. The molecule has 5 nitrogen and oxygen atoms in total. The van der Waals surface area contributed by atoms with Gasteiger partial charge in [0.25, 0.3) is 5.91 Å². The van der Waals surface area contributed by atoms with Gasteiger partial charge in [0, 0.05) is 36.8 Å². The van der Waals surface area contributed by atoms with E-state index in [-0.39, 0.29) is 17.9 Å². The van der Waals surface area contributed by atoms with Crippen molar-refractivity contribution in [2.24, 2.45) is 5.73 Å². The standard InChI is InChI=1S/C15H19N3O2/c16-12-2-1-7-18(9-12)15(20)11-3-5-13-10(8-11)4-6-14(19)17-13/h3,5,8,12H,1-2,4,6-7,9,16H2,(H,17,19). The number of rotatable bonds is 1. The summed E-state index contributed by atoms with van der Waals surface area (Å²) in [5, 5.41) is 2.83. The Kier molecular flexibility index (Phi) is 3.44. The Labute approximate surface area is 118 Å². The molecule has 2 amide bonds. The van der Waals surface area contributed by atoms with E-state index in [0.29, 0.717) is 24.9 Å². The third kappa shape index (κ3) is 2.54. The minimum atomic E-state index is 0.0404. The van der Waals surface area contributed by atoms with Crippen LogP contribution < -0.4 is 11.1 Å². The zero-order chi connectivity index (χ0) is 14.1. The lowest BCUT2D eigenvalue weighted by Crippen LogP contribution is -2.45. The van der Waals surface area contributed by atoms with Crippen molar-refractivity contribution in [3.05, 3.63) is 29.3 Å². The van der Waals surface area contributed by atoms with Crippen molar-refractivity contribution in [3.8, 4) is 0 Å². The average molecular weight is 273 g/mol. The van der Waals surface area contributed by atoms with Gasteiger partial charge in [0.05, 0.1) is 0 Å². The summed E-state index contributed by atoms with van der Waals surface area (Å²) in [5.74, 6) is 0.0819. The Balaban J connectivity index is 1.80. The lowest BCUT2D eigenvalue weighted by Gasteiger charge is -2.31. The number of piperidine rings is 1. The highest BCUT2D eigenvalue weighted by atomic mass is 16.2. The number of carbonyl (C=O) groups excluding carboxylic acids is 2. The van der Waals surface area contributed by atoms with Crippen LogP contribution in [0.25, 0.3) is 0 Å². The zero-order valence-corrected chi connectivity index (χ0v) is 11.4. The van der Waals surface area contributed by atoms with Gasteiger partial charge < -0.3 is 16.0 Å². The third-order valence-corrected chi connectivity index (χ3v) is 3.99. The molecule has 106 valence electrons. The van der Waals surface area contributed by atoms with Crippen LogP contribution in [0.1, 0.15) is 35.2 Å². The Bertz CT molecular complexity index is 556. The van der Waals surface area contributed by atoms with E-state index in [4.69, 9.17) is 5.73 Å². The lowest BCUT2D eigenvalue weighted by atomic mass is 9.99. The molecule has 0 aromatic heterocycles. The number of benzene rings is 1. The fourth-order valence-corrected chi connectivity index (χ4v) is 2.89. The Morgan fingerprint density at radius 1 is 1.35 bits per heavy atom. The first-order chi connectivity index (χ1) is 9.63. The highest BCUT2D eigenvalue weighted by Gasteiger charge is 2.23. The van der Waals surface area contributed by atoms with Crippen molar-refractivity contribution < 1.29 is 9.59 Å². The number of aryl methyl sites for hydroxylation is 1. The SMILES string of the molecule is NC1CCCN(C(=O)c2ccc3c(c2)CCC(=O)N3)C1. The number of hydrogen-bond donors (Lipinski definition) is 2. The predicted octanol–water partition coefficient (Wildman–Crippen LogP) is 1.13. The normalized spacial score (nSPS) is 22.1. The van der Waals surface area contributed by atoms with Gasteiger partial charge in [-0.25, -0.2) is 0 Å². The number of nitrogens with two attached hydrogens (primary N) is 1. The third-order valence-electron chi connectivity index (χ3n) is 3.99. The number of hydrogen-bond acceptors (Lipinski definition) is 3. The van der Waals surface area contributed by atoms with Crippen molar-refractivity contribution in [1.82, 2.24) is 4.90 Å². The number of likely N-dealkylation sites (tertiary alicyclic amines) is 1. The number of nitrogens with zero attached hydrogens (tertiary/aromatic N) is 1. The molecule has 1 aromatic carbocycles. The molecule has 0 saturated carbocycles. The maximum absolute atomic E-state index is 12.5. The average Bonchev–Trinajstić information content (AvgIpc) is 2.46. The van der Waals surface area contributed by atoms with Crippen molar-refractivity contribution in [2.75, 3.05) is 18.4 Å². The molecule has 3 rings (SSSR count). The van der Waals surface area contributed by atoms with E-state index in [1.807, 2.05) is 17.0 Å². The highest BCUT2D eigenvalue weighted by Crippen LogP contribution is 2.24. The summed E-state index contributed by atoms with van der Waals surface area (Å²) in [4.78, 5) is 25.6. The highest BCUT2D eigenvalue weighted by molar-refractivity contribution is 5.98. The minimum Gasteiger partial charge on any atom is -0.337 e. The molecule has 0 bridgehead atoms. The van der Waals surface area contributed by atoms with E-state index in [0.717, 1.165) is 30.6 Å². The van der Waals surface area contributed by atoms with Crippen LogP contribution in [0.3, 0.4) is 0 Å². The first-order valence-corrected chi connectivity index (χ1v) is 7.11. The van der Waals surface area contributed by atoms with Crippen LogP contribution in [0.2, 0.25) is 0 Å². The maximum Gasteiger partial charge on any atom is 0.253 e. The second-order valence-corrected chi connectivity index (χ2v) is 5.57. The van der Waals surface area contributed by atoms with Gasteiger partial charge in [-0.2, -0.15) is 0 Å². The summed E-state index contributed by atoms with van der Waals surface area (Å²) in [7, 11) is 0. The molecular weight excluding hydrogens is 254 g/mol. The van der Waals surface area contributed by atoms with Crippen LogP contribution in [-0.2, 0) is 11.2 Å². The van der Waals surface area contributed by atoms with Gasteiger partial charge in [-0.15, -0.1) is 0 Å². The van der Waals surface area contributed by atoms with Crippen LogP contribution in [0.4, 0.5) is 5.69 Å². The van der Waals surface area contributed by atoms with E-state index in [9.17, 15) is 9.59 Å². The van der Waals surface area contributed by atoms with Gasteiger partial charge in [-0.05, 0) is 43.0 Å².